The third kappa shape index (κ3) is 3.66. The molecule has 1 aromatic rings. The topological polar surface area (TPSA) is 75.9 Å². The molecule has 0 aliphatic heterocycles. The normalized spacial score (nSPS) is 15.7. The van der Waals surface area contributed by atoms with Gasteiger partial charge in [0.2, 0.25) is 10.0 Å². The number of benzene rings is 1. The van der Waals surface area contributed by atoms with Crippen LogP contribution in [0.4, 0.5) is 5.69 Å². The Morgan fingerprint density at radius 2 is 1.95 bits per heavy atom. The Kier molecular flexibility index (Phi) is 4.75. The highest BCUT2D eigenvalue weighted by Gasteiger charge is 2.26. The maximum Gasteiger partial charge on any atom is 0.244 e. The molecule has 0 bridgehead atoms. The number of nitrogens with two attached hydrogens (primary N) is 1. The van der Waals surface area contributed by atoms with Crippen LogP contribution in [-0.2, 0) is 10.0 Å². The van der Waals surface area contributed by atoms with Crippen LogP contribution in [0.1, 0.15) is 12.8 Å². The lowest BCUT2D eigenvalue weighted by Crippen LogP contribution is -2.26. The van der Waals surface area contributed by atoms with E-state index >= 15 is 0 Å². The van der Waals surface area contributed by atoms with Crippen LogP contribution >= 0.6 is 0 Å². The number of hydrogen-bond acceptors (Lipinski definition) is 5. The lowest BCUT2D eigenvalue weighted by Gasteiger charge is -2.18. The van der Waals surface area contributed by atoms with Crippen molar-refractivity contribution in [3.05, 3.63) is 18.2 Å². The van der Waals surface area contributed by atoms with E-state index in [2.05, 4.69) is 11.9 Å². The standard InChI is InChI=1S/C14H23N3O3S/c1-16(2)21(18,19)13-6-4-5-12(14(13)15)20-10-9-17(3)11-7-8-11/h4-6,11H,7-10,15H2,1-3H3. The molecule has 21 heavy (non-hydrogen) atoms. The van der Waals surface area contributed by atoms with Gasteiger partial charge in [-0.25, -0.2) is 12.7 Å². The van der Waals surface area contributed by atoms with Crippen LogP contribution in [0, 0.1) is 0 Å². The minimum atomic E-state index is -3.56. The summed E-state index contributed by atoms with van der Waals surface area (Å²) in [4.78, 5) is 2.33. The molecule has 6 nitrogen and oxygen atoms in total. The summed E-state index contributed by atoms with van der Waals surface area (Å²) in [6, 6.07) is 5.51. The smallest absolute Gasteiger partial charge is 0.244 e. The number of nitrogen functional groups attached to an aromatic ring is 1. The van der Waals surface area contributed by atoms with Crippen molar-refractivity contribution in [3.8, 4) is 5.75 Å². The van der Waals surface area contributed by atoms with Gasteiger partial charge in [0, 0.05) is 26.7 Å². The highest BCUT2D eigenvalue weighted by molar-refractivity contribution is 7.89. The predicted molar refractivity (Wildman–Crippen MR) is 82.9 cm³/mol. The molecule has 0 aromatic heterocycles. The summed E-state index contributed by atoms with van der Waals surface area (Å²) in [6.45, 7) is 1.29. The maximum atomic E-state index is 12.2. The van der Waals surface area contributed by atoms with Crippen LogP contribution in [0.15, 0.2) is 23.1 Å². The largest absolute Gasteiger partial charge is 0.490 e. The summed E-state index contributed by atoms with van der Waals surface area (Å²) >= 11 is 0. The average molecular weight is 313 g/mol. The molecule has 1 saturated carbocycles. The van der Waals surface area contributed by atoms with E-state index in [1.807, 2.05) is 0 Å². The van der Waals surface area contributed by atoms with Crippen molar-refractivity contribution in [3.63, 3.8) is 0 Å². The molecule has 0 radical (unpaired) electrons. The fraction of sp³-hybridized carbons (Fsp3) is 0.571. The van der Waals surface area contributed by atoms with Crippen LogP contribution < -0.4 is 10.5 Å². The maximum absolute atomic E-state index is 12.2. The van der Waals surface area contributed by atoms with Gasteiger partial charge in [0.1, 0.15) is 17.3 Å². The van der Waals surface area contributed by atoms with Crippen LogP contribution in [0.2, 0.25) is 0 Å². The number of likely N-dealkylation sites (N-methyl/N-ethyl adjacent to an activating group) is 1. The fourth-order valence-electron chi connectivity index (χ4n) is 2.07. The fourth-order valence-corrected chi connectivity index (χ4v) is 3.09. The molecular formula is C14H23N3O3S. The summed E-state index contributed by atoms with van der Waals surface area (Å²) in [5, 5.41) is 0. The minimum Gasteiger partial charge on any atom is -0.490 e. The number of sulfonamides is 1. The molecule has 0 unspecified atom stereocenters. The first-order valence-electron chi connectivity index (χ1n) is 6.98. The van der Waals surface area contributed by atoms with Gasteiger partial charge >= 0.3 is 0 Å². The van der Waals surface area contributed by atoms with Crippen molar-refractivity contribution in [2.24, 2.45) is 0 Å². The highest BCUT2D eigenvalue weighted by atomic mass is 32.2. The molecule has 2 N–H and O–H groups in total. The quantitative estimate of drug-likeness (QED) is 0.760. The number of hydrogen-bond donors (Lipinski definition) is 1. The zero-order valence-corrected chi connectivity index (χ0v) is 13.6. The Morgan fingerprint density at radius 1 is 1.29 bits per heavy atom. The van der Waals surface area contributed by atoms with E-state index in [0.717, 1.165) is 10.8 Å². The van der Waals surface area contributed by atoms with Crippen molar-refractivity contribution in [2.45, 2.75) is 23.8 Å². The number of anilines is 1. The summed E-state index contributed by atoms with van der Waals surface area (Å²) in [6.07, 6.45) is 2.49. The molecular weight excluding hydrogens is 290 g/mol. The minimum absolute atomic E-state index is 0.0838. The second-order valence-electron chi connectivity index (χ2n) is 5.52. The molecule has 0 spiro atoms. The Hall–Kier alpha value is -1.31. The lowest BCUT2D eigenvalue weighted by atomic mass is 10.3. The van der Waals surface area contributed by atoms with Gasteiger partial charge in [-0.15, -0.1) is 0 Å². The Balaban J connectivity index is 2.07. The van der Waals surface area contributed by atoms with Crippen LogP contribution in [0.3, 0.4) is 0 Å². The molecule has 0 amide bonds. The highest BCUT2D eigenvalue weighted by Crippen LogP contribution is 2.30. The predicted octanol–water partition coefficient (Wildman–Crippen LogP) is 0.992. The van der Waals surface area contributed by atoms with Crippen molar-refractivity contribution in [2.75, 3.05) is 40.0 Å². The summed E-state index contributed by atoms with van der Waals surface area (Å²) in [7, 11) is 1.47. The van der Waals surface area contributed by atoms with Crippen molar-refractivity contribution >= 4 is 15.7 Å². The van der Waals surface area contributed by atoms with Crippen LogP contribution in [0.25, 0.3) is 0 Å². The summed E-state index contributed by atoms with van der Waals surface area (Å²) in [5.41, 5.74) is 6.12. The molecule has 0 saturated heterocycles. The summed E-state index contributed by atoms with van der Waals surface area (Å²) in [5.74, 6) is 0.419. The zero-order valence-electron chi connectivity index (χ0n) is 12.7. The van der Waals surface area contributed by atoms with Gasteiger partial charge in [0.15, 0.2) is 0 Å². The number of para-hydroxylation sites is 1. The molecule has 1 aliphatic rings. The molecule has 7 heteroatoms. The van der Waals surface area contributed by atoms with E-state index in [1.165, 1.54) is 33.0 Å². The first-order valence-corrected chi connectivity index (χ1v) is 8.42. The average Bonchev–Trinajstić information content (AvgIpc) is 3.24. The first-order chi connectivity index (χ1) is 9.84. The van der Waals surface area contributed by atoms with Gasteiger partial charge in [-0.1, -0.05) is 6.07 Å². The zero-order chi connectivity index (χ0) is 15.6. The third-order valence-electron chi connectivity index (χ3n) is 3.66. The van der Waals surface area contributed by atoms with Crippen LogP contribution in [0.5, 0.6) is 5.75 Å². The molecule has 1 aliphatic carbocycles. The second-order valence-corrected chi connectivity index (χ2v) is 7.64. The molecule has 1 aromatic carbocycles. The molecule has 118 valence electrons. The monoisotopic (exact) mass is 313 g/mol. The van der Waals surface area contributed by atoms with Crippen molar-refractivity contribution in [1.29, 1.82) is 0 Å². The third-order valence-corrected chi connectivity index (χ3v) is 5.53. The van der Waals surface area contributed by atoms with Gasteiger partial charge in [-0.05, 0) is 32.0 Å². The van der Waals surface area contributed by atoms with Gasteiger partial charge in [0.25, 0.3) is 0 Å². The first kappa shape index (κ1) is 16.1. The van der Waals surface area contributed by atoms with Gasteiger partial charge in [-0.2, -0.15) is 0 Å². The van der Waals surface area contributed by atoms with E-state index < -0.39 is 10.0 Å². The molecule has 1 fully saturated rings. The second kappa shape index (κ2) is 6.21. The lowest BCUT2D eigenvalue weighted by molar-refractivity contribution is 0.232. The van der Waals surface area contributed by atoms with Crippen molar-refractivity contribution < 1.29 is 13.2 Å². The van der Waals surface area contributed by atoms with E-state index in [0.29, 0.717) is 18.4 Å². The molecule has 2 rings (SSSR count). The Bertz CT molecular complexity index is 597. The summed E-state index contributed by atoms with van der Waals surface area (Å²) < 4.78 is 31.1. The van der Waals surface area contributed by atoms with E-state index in [4.69, 9.17) is 10.5 Å². The number of ether oxygens (including phenoxy) is 1. The van der Waals surface area contributed by atoms with Crippen LogP contribution in [-0.4, -0.2) is 58.0 Å². The molecule has 0 heterocycles. The van der Waals surface area contributed by atoms with Gasteiger partial charge in [-0.3, -0.25) is 0 Å². The number of rotatable bonds is 7. The van der Waals surface area contributed by atoms with Gasteiger partial charge in [0.05, 0.1) is 5.69 Å². The van der Waals surface area contributed by atoms with Crippen molar-refractivity contribution in [1.82, 2.24) is 9.21 Å². The van der Waals surface area contributed by atoms with E-state index in [-0.39, 0.29) is 10.6 Å². The van der Waals surface area contributed by atoms with E-state index in [9.17, 15) is 8.42 Å². The number of nitrogens with zero attached hydrogens (tertiary/aromatic N) is 2. The molecule has 0 atom stereocenters. The van der Waals surface area contributed by atoms with Gasteiger partial charge < -0.3 is 15.4 Å². The van der Waals surface area contributed by atoms with E-state index in [1.54, 1.807) is 12.1 Å². The SMILES string of the molecule is CN(CCOc1cccc(S(=O)(=O)N(C)C)c1N)C1CC1. The Morgan fingerprint density at radius 3 is 2.52 bits per heavy atom. The Labute approximate surface area is 126 Å².